The van der Waals surface area contributed by atoms with Crippen molar-refractivity contribution in [1.82, 2.24) is 25.6 Å². The summed E-state index contributed by atoms with van der Waals surface area (Å²) in [6.07, 6.45) is 5.84. The lowest BCUT2D eigenvalue weighted by molar-refractivity contribution is -0.121. The largest absolute Gasteiger partial charge is 0.359 e. The first-order valence-corrected chi connectivity index (χ1v) is 14.5. The number of imidazole rings is 1. The molecule has 1 atom stereocenters. The Hall–Kier alpha value is -4.30. The summed E-state index contributed by atoms with van der Waals surface area (Å²) in [5, 5.41) is 11.0. The summed E-state index contributed by atoms with van der Waals surface area (Å²) in [6, 6.07) is 24.3. The summed E-state index contributed by atoms with van der Waals surface area (Å²) >= 11 is 1.49. The molecule has 0 fully saturated rings. The Morgan fingerprint density at radius 1 is 0.900 bits per heavy atom. The summed E-state index contributed by atoms with van der Waals surface area (Å²) in [5.74, 6) is 0.689. The van der Waals surface area contributed by atoms with Crippen molar-refractivity contribution in [2.75, 3.05) is 7.05 Å². The number of aromatic nitrogens is 3. The molecule has 40 heavy (non-hydrogen) atoms. The Morgan fingerprint density at radius 3 is 2.52 bits per heavy atom. The van der Waals surface area contributed by atoms with Crippen molar-refractivity contribution in [2.24, 2.45) is 0 Å². The van der Waals surface area contributed by atoms with Crippen molar-refractivity contribution in [3.8, 4) is 22.5 Å². The highest BCUT2D eigenvalue weighted by Gasteiger charge is 2.20. The highest BCUT2D eigenvalue weighted by molar-refractivity contribution is 7.10. The van der Waals surface area contributed by atoms with Gasteiger partial charge in [0.1, 0.15) is 10.8 Å². The van der Waals surface area contributed by atoms with Crippen molar-refractivity contribution in [1.29, 1.82) is 0 Å². The van der Waals surface area contributed by atoms with Crippen LogP contribution in [0.3, 0.4) is 0 Å². The van der Waals surface area contributed by atoms with E-state index in [0.717, 1.165) is 64.4 Å². The van der Waals surface area contributed by atoms with Crippen LogP contribution in [0, 0.1) is 0 Å². The Labute approximate surface area is 238 Å². The van der Waals surface area contributed by atoms with Gasteiger partial charge in [-0.3, -0.25) is 9.59 Å². The lowest BCUT2D eigenvalue weighted by atomic mass is 10.1. The number of hydrogen-bond acceptors (Lipinski definition) is 5. The molecule has 0 aliphatic rings. The molecule has 0 radical (unpaired) electrons. The molecule has 204 valence electrons. The zero-order valence-electron chi connectivity index (χ0n) is 22.5. The highest BCUT2D eigenvalue weighted by Crippen LogP contribution is 2.26. The van der Waals surface area contributed by atoms with Crippen LogP contribution >= 0.6 is 11.3 Å². The van der Waals surface area contributed by atoms with Crippen molar-refractivity contribution in [3.63, 3.8) is 0 Å². The molecule has 7 nitrogen and oxygen atoms in total. The van der Waals surface area contributed by atoms with E-state index in [1.54, 1.807) is 7.05 Å². The van der Waals surface area contributed by atoms with Crippen LogP contribution in [-0.2, 0) is 16.0 Å². The zero-order valence-corrected chi connectivity index (χ0v) is 23.3. The molecule has 2 aromatic heterocycles. The molecule has 5 rings (SSSR count). The molecular weight excluding hydrogens is 518 g/mol. The average molecular weight is 552 g/mol. The molecule has 0 aliphatic heterocycles. The van der Waals surface area contributed by atoms with Gasteiger partial charge in [0.15, 0.2) is 0 Å². The second kappa shape index (κ2) is 13.2. The number of hydrogen-bond donors (Lipinski definition) is 3. The van der Waals surface area contributed by atoms with Gasteiger partial charge in [0, 0.05) is 30.0 Å². The molecule has 0 spiro atoms. The van der Waals surface area contributed by atoms with E-state index in [9.17, 15) is 9.59 Å². The summed E-state index contributed by atoms with van der Waals surface area (Å²) in [7, 11) is 1.66. The Kier molecular flexibility index (Phi) is 8.98. The molecule has 0 saturated heterocycles. The number of carbonyl (C=O) groups excluding carboxylic acids is 2. The maximum atomic E-state index is 13.1. The summed E-state index contributed by atoms with van der Waals surface area (Å²) in [6.45, 7) is 0. The third-order valence-electron chi connectivity index (χ3n) is 6.93. The van der Waals surface area contributed by atoms with Gasteiger partial charge in [0.25, 0.3) is 0 Å². The van der Waals surface area contributed by atoms with Crippen LogP contribution in [0.4, 0.5) is 0 Å². The first kappa shape index (κ1) is 27.3. The van der Waals surface area contributed by atoms with Crippen LogP contribution in [0.5, 0.6) is 0 Å². The van der Waals surface area contributed by atoms with Gasteiger partial charge in [-0.25, -0.2) is 9.97 Å². The van der Waals surface area contributed by atoms with Crippen molar-refractivity contribution in [2.45, 2.75) is 44.6 Å². The van der Waals surface area contributed by atoms with Crippen LogP contribution in [0.1, 0.15) is 49.0 Å². The molecule has 0 aliphatic carbocycles. The number of fused-ring (bicyclic) bond motifs is 1. The minimum Gasteiger partial charge on any atom is -0.359 e. The van der Waals surface area contributed by atoms with E-state index >= 15 is 0 Å². The van der Waals surface area contributed by atoms with E-state index in [2.05, 4.69) is 55.9 Å². The lowest BCUT2D eigenvalue weighted by Gasteiger charge is -2.17. The summed E-state index contributed by atoms with van der Waals surface area (Å²) < 4.78 is 0. The Balaban J connectivity index is 1.28. The van der Waals surface area contributed by atoms with E-state index in [1.165, 1.54) is 16.7 Å². The number of thiazole rings is 1. The fourth-order valence-electron chi connectivity index (χ4n) is 4.75. The molecule has 0 unspecified atom stereocenters. The fraction of sp³-hybridized carbons (Fsp3) is 0.250. The van der Waals surface area contributed by atoms with Crippen molar-refractivity contribution < 1.29 is 9.59 Å². The normalized spacial score (nSPS) is 11.8. The van der Waals surface area contributed by atoms with E-state index in [4.69, 9.17) is 0 Å². The number of nitrogens with one attached hydrogen (secondary N) is 3. The van der Waals surface area contributed by atoms with Gasteiger partial charge < -0.3 is 15.6 Å². The molecular formula is C32H33N5O2S. The first-order valence-electron chi connectivity index (χ1n) is 13.6. The zero-order chi connectivity index (χ0) is 27.7. The lowest BCUT2D eigenvalue weighted by Crippen LogP contribution is -2.30. The van der Waals surface area contributed by atoms with E-state index in [0.29, 0.717) is 6.42 Å². The first-order chi connectivity index (χ1) is 19.6. The minimum absolute atomic E-state index is 0.0502. The van der Waals surface area contributed by atoms with E-state index in [1.807, 2.05) is 54.0 Å². The number of amides is 2. The molecule has 0 saturated carbocycles. The van der Waals surface area contributed by atoms with Crippen LogP contribution in [0.15, 0.2) is 84.4 Å². The number of benzene rings is 3. The monoisotopic (exact) mass is 551 g/mol. The maximum absolute atomic E-state index is 13.1. The van der Waals surface area contributed by atoms with Crippen LogP contribution in [0.25, 0.3) is 33.3 Å². The van der Waals surface area contributed by atoms with Gasteiger partial charge in [-0.2, -0.15) is 0 Å². The third-order valence-corrected chi connectivity index (χ3v) is 7.78. The van der Waals surface area contributed by atoms with Gasteiger partial charge in [0.2, 0.25) is 11.8 Å². The van der Waals surface area contributed by atoms with Gasteiger partial charge in [-0.05, 0) is 29.7 Å². The predicted molar refractivity (Wildman–Crippen MR) is 161 cm³/mol. The fourth-order valence-corrected chi connectivity index (χ4v) is 5.55. The summed E-state index contributed by atoms with van der Waals surface area (Å²) in [5.41, 5.74) is 3.88. The Bertz CT molecular complexity index is 1580. The van der Waals surface area contributed by atoms with E-state index in [-0.39, 0.29) is 24.3 Å². The standard InChI is InChI=1S/C32H33N5O2S/c1-33-29(38)15-7-3-6-14-26(35-30(39)19-31-36-28(21-40-31)23-11-4-2-5-12-23)32-34-20-27(37-32)25-17-16-22-10-8-9-13-24(22)18-25/h2,4-5,8-13,16-18,20-21,26H,3,6-7,14-15,19H2,1H3,(H,33,38)(H,34,37)(H,35,39)/t26-/m0/s1. The third kappa shape index (κ3) is 7.01. The minimum atomic E-state index is -0.268. The number of aromatic amines is 1. The SMILES string of the molecule is CNC(=O)CCCCC[C@H](NC(=O)Cc1nc(-c2ccccc2)cs1)c1ncc(-c2ccc3ccccc3c2)[nH]1. The molecule has 8 heteroatoms. The second-order valence-electron chi connectivity index (χ2n) is 9.81. The van der Waals surface area contributed by atoms with E-state index < -0.39 is 0 Å². The molecule has 0 bridgehead atoms. The Morgan fingerprint density at radius 2 is 1.70 bits per heavy atom. The topological polar surface area (TPSA) is 99.8 Å². The van der Waals surface area contributed by atoms with Crippen molar-refractivity contribution >= 4 is 33.9 Å². The van der Waals surface area contributed by atoms with Crippen LogP contribution in [0.2, 0.25) is 0 Å². The van der Waals surface area contributed by atoms with Gasteiger partial charge in [-0.15, -0.1) is 11.3 Å². The summed E-state index contributed by atoms with van der Waals surface area (Å²) in [4.78, 5) is 37.5. The maximum Gasteiger partial charge on any atom is 0.227 e. The number of rotatable bonds is 12. The molecule has 3 aromatic carbocycles. The number of unbranched alkanes of at least 4 members (excludes halogenated alkanes) is 2. The number of carbonyl (C=O) groups is 2. The molecule has 5 aromatic rings. The van der Waals surface area contributed by atoms with Crippen LogP contribution < -0.4 is 10.6 Å². The van der Waals surface area contributed by atoms with Gasteiger partial charge in [-0.1, -0.05) is 79.6 Å². The number of H-pyrrole nitrogens is 1. The number of nitrogens with zero attached hydrogens (tertiary/aromatic N) is 2. The second-order valence-corrected chi connectivity index (χ2v) is 10.7. The molecule has 2 amide bonds. The molecule has 3 N–H and O–H groups in total. The smallest absolute Gasteiger partial charge is 0.227 e. The van der Waals surface area contributed by atoms with Gasteiger partial charge >= 0.3 is 0 Å². The van der Waals surface area contributed by atoms with Gasteiger partial charge in [0.05, 0.1) is 30.0 Å². The highest BCUT2D eigenvalue weighted by atomic mass is 32.1. The average Bonchev–Trinajstić information content (AvgIpc) is 3.67. The van der Waals surface area contributed by atoms with Crippen molar-refractivity contribution in [3.05, 3.63) is 95.2 Å². The quantitative estimate of drug-likeness (QED) is 0.155. The molecule has 2 heterocycles. The van der Waals surface area contributed by atoms with Crippen LogP contribution in [-0.4, -0.2) is 33.8 Å². The predicted octanol–water partition coefficient (Wildman–Crippen LogP) is 6.45.